The molecule has 0 spiro atoms. The van der Waals surface area contributed by atoms with E-state index in [1.807, 2.05) is 0 Å². The van der Waals surface area contributed by atoms with Crippen LogP contribution in [0.3, 0.4) is 0 Å². The zero-order valence-corrected chi connectivity index (χ0v) is 14.1. The molecule has 1 aliphatic carbocycles. The van der Waals surface area contributed by atoms with Gasteiger partial charge in [-0.1, -0.05) is 44.3 Å². The van der Waals surface area contributed by atoms with Gasteiger partial charge in [-0.15, -0.1) is 0 Å². The number of hydrogen-bond acceptors (Lipinski definition) is 1. The summed E-state index contributed by atoms with van der Waals surface area (Å²) in [7, 11) is 49.5. The standard InChI is InChI=1S/C7H13B15N/c1-7(5-3-2-4-6-7)16-20(14)23(19(12)13)22(18(10)11)21(15)17(8)9/h2-6H2,1H3. The second-order valence-corrected chi connectivity index (χ2v) is 7.03. The molecule has 23 heavy (non-hydrogen) atoms. The normalized spacial score (nSPS) is 16.4. The topological polar surface area (TPSA) is 3.24 Å². The Kier molecular flexibility index (Phi) is 9.16. The molecule has 1 rings (SSSR count). The average Bonchev–Trinajstić information content (AvgIpc) is 2.42. The molecule has 0 bridgehead atoms. The highest BCUT2D eigenvalue weighted by atomic mass is 14.9. The Hall–Kier alpha value is 0.934. The molecule has 0 amide bonds. The predicted molar refractivity (Wildman–Crippen MR) is 120 cm³/mol. The molecule has 0 unspecified atom stereocenters. The molecule has 0 saturated heterocycles. The van der Waals surface area contributed by atoms with Gasteiger partial charge in [0.05, 0.1) is 20.4 Å². The third kappa shape index (κ3) is 6.30. The van der Waals surface area contributed by atoms with Gasteiger partial charge in [-0.3, -0.25) is 0 Å². The second kappa shape index (κ2) is 9.58. The summed E-state index contributed by atoms with van der Waals surface area (Å²) >= 11 is 0. The molecule has 0 N–H and O–H groups in total. The molecule has 0 aromatic carbocycles. The molecule has 1 saturated carbocycles. The minimum absolute atomic E-state index is 0.0307. The van der Waals surface area contributed by atoms with Crippen LogP contribution < -0.4 is 0 Å². The van der Waals surface area contributed by atoms with Crippen LogP contribution >= 0.6 is 0 Å². The van der Waals surface area contributed by atoms with Crippen molar-refractivity contribution in [3.05, 3.63) is 0 Å². The van der Waals surface area contributed by atoms with E-state index in [9.17, 15) is 0 Å². The summed E-state index contributed by atoms with van der Waals surface area (Å²) in [6.07, 6.45) is 3.43. The van der Waals surface area contributed by atoms with E-state index in [2.05, 4.69) is 14.1 Å². The molecular weight excluding hydrogens is 260 g/mol. The monoisotopic (exact) mass is 276 g/mol. The molecule has 1 nitrogen and oxygen atoms in total. The third-order valence-corrected chi connectivity index (χ3v) is 4.83. The average molecular weight is 273 g/mol. The van der Waals surface area contributed by atoms with E-state index in [1.54, 1.807) is 4.63 Å². The first-order valence-corrected chi connectivity index (χ1v) is 8.27. The van der Waals surface area contributed by atoms with Crippen LogP contribution in [0.25, 0.3) is 0 Å². The van der Waals surface area contributed by atoms with Crippen LogP contribution in [-0.2, 0) is 0 Å². The predicted octanol–water partition coefficient (Wildman–Crippen LogP) is -3.35. The first kappa shape index (κ1) is 22.0. The van der Waals surface area contributed by atoms with Gasteiger partial charge >= 0.3 is 0 Å². The van der Waals surface area contributed by atoms with Crippen molar-refractivity contribution in [2.45, 2.75) is 44.3 Å². The molecular formula is C7H13B15N. The summed E-state index contributed by atoms with van der Waals surface area (Å²) in [6, 6.07) is 0. The zero-order valence-electron chi connectivity index (χ0n) is 14.1. The maximum Gasteiger partial charge on any atom is 0.104 e. The van der Waals surface area contributed by atoms with Gasteiger partial charge in [0, 0.05) is 81.1 Å². The van der Waals surface area contributed by atoms with Crippen LogP contribution in [0.2, 0.25) is 5.31 Å². The zero-order chi connectivity index (χ0) is 17.8. The van der Waals surface area contributed by atoms with Crippen LogP contribution in [-0.4, -0.2) is 113 Å². The molecule has 16 heteroatoms. The van der Waals surface area contributed by atoms with Crippen molar-refractivity contribution in [3.8, 4) is 0 Å². The maximum atomic E-state index is 6.37. The van der Waals surface area contributed by atoms with E-state index in [4.69, 9.17) is 61.9 Å². The van der Waals surface area contributed by atoms with Crippen molar-refractivity contribution in [2.24, 2.45) is 0 Å². The van der Waals surface area contributed by atoms with Crippen LogP contribution in [0.1, 0.15) is 39.0 Å². The Labute approximate surface area is 157 Å². The minimum atomic E-state index is -0.877. The first-order chi connectivity index (χ1) is 10.6. The van der Waals surface area contributed by atoms with Gasteiger partial charge in [0.2, 0.25) is 0 Å². The van der Waals surface area contributed by atoms with Crippen molar-refractivity contribution in [3.63, 3.8) is 0 Å². The van der Waals surface area contributed by atoms with Crippen molar-refractivity contribution in [2.75, 3.05) is 0 Å². The van der Waals surface area contributed by atoms with Crippen LogP contribution in [0.15, 0.2) is 0 Å². The Morgan fingerprint density at radius 2 is 1.35 bits per heavy atom. The highest BCUT2D eigenvalue weighted by molar-refractivity contribution is 7.92. The lowest BCUT2D eigenvalue weighted by atomic mass is 8.64. The highest BCUT2D eigenvalue weighted by Crippen LogP contribution is 2.41. The van der Waals surface area contributed by atoms with Gasteiger partial charge < -0.3 is 4.63 Å². The van der Waals surface area contributed by atoms with E-state index in [1.165, 1.54) is 19.3 Å². The third-order valence-electron chi connectivity index (χ3n) is 4.83. The Morgan fingerprint density at radius 3 is 1.74 bits per heavy atom. The molecule has 0 aliphatic heterocycles. The quantitative estimate of drug-likeness (QED) is 0.418. The van der Waals surface area contributed by atoms with Gasteiger partial charge in [0.25, 0.3) is 0 Å². The van der Waals surface area contributed by atoms with Crippen molar-refractivity contribution in [1.29, 1.82) is 0 Å². The van der Waals surface area contributed by atoms with E-state index in [0.717, 1.165) is 12.8 Å². The lowest BCUT2D eigenvalue weighted by Crippen LogP contribution is -2.75. The van der Waals surface area contributed by atoms with E-state index in [-0.39, 0.29) is 5.31 Å². The Morgan fingerprint density at radius 1 is 0.826 bits per heavy atom. The summed E-state index contributed by atoms with van der Waals surface area (Å²) in [5, 5.41) is 0.0307. The molecule has 0 heterocycles. The van der Waals surface area contributed by atoms with Gasteiger partial charge in [-0.2, -0.15) is 0 Å². The first-order valence-electron chi connectivity index (χ1n) is 8.27. The van der Waals surface area contributed by atoms with Crippen LogP contribution in [0.5, 0.6) is 0 Å². The van der Waals surface area contributed by atoms with E-state index < -0.39 is 39.0 Å². The summed E-state index contributed by atoms with van der Waals surface area (Å²) in [5.74, 6) is 0. The van der Waals surface area contributed by atoms with Crippen molar-refractivity contribution < 1.29 is 0 Å². The molecule has 17 radical (unpaired) electrons. The molecule has 0 aromatic rings. The number of rotatable bonds is 8. The number of nitrogens with zero attached hydrogens (tertiary/aromatic N) is 1. The SMILES string of the molecule is [B]B([B])B([B])B(B([B])[B])N(B([B])[B])B([B])[B]C1(C)CCCCC1. The van der Waals surface area contributed by atoms with Crippen molar-refractivity contribution >= 4 is 108 Å². The van der Waals surface area contributed by atoms with Gasteiger partial charge in [0.15, 0.2) is 0 Å². The second-order valence-electron chi connectivity index (χ2n) is 7.03. The molecule has 1 aliphatic rings. The van der Waals surface area contributed by atoms with Crippen LogP contribution in [0, 0.1) is 0 Å². The fourth-order valence-electron chi connectivity index (χ4n) is 3.50. The van der Waals surface area contributed by atoms with Crippen molar-refractivity contribution in [1.82, 2.24) is 4.63 Å². The molecule has 0 aromatic heterocycles. The molecule has 0 atom stereocenters. The van der Waals surface area contributed by atoms with Gasteiger partial charge in [0.1, 0.15) is 6.63 Å². The smallest absolute Gasteiger partial charge is 0.104 e. The lowest BCUT2D eigenvalue weighted by molar-refractivity contribution is 0.402. The summed E-state index contributed by atoms with van der Waals surface area (Å²) in [6.45, 7) is 0.145. The van der Waals surface area contributed by atoms with Gasteiger partial charge in [-0.25, -0.2) is 0 Å². The lowest BCUT2D eigenvalue weighted by Gasteiger charge is -2.47. The Bertz CT molecular complexity index is 345. The van der Waals surface area contributed by atoms with Crippen LogP contribution in [0.4, 0.5) is 0 Å². The Balaban J connectivity index is 2.93. The van der Waals surface area contributed by atoms with E-state index >= 15 is 0 Å². The van der Waals surface area contributed by atoms with E-state index in [0.29, 0.717) is 0 Å². The summed E-state index contributed by atoms with van der Waals surface area (Å²) in [5.41, 5.74) is 0. The fraction of sp³-hybridized carbons (Fsp3) is 1.00. The maximum absolute atomic E-state index is 6.37. The fourth-order valence-corrected chi connectivity index (χ4v) is 3.50. The highest BCUT2D eigenvalue weighted by Gasteiger charge is 2.39. The van der Waals surface area contributed by atoms with Gasteiger partial charge in [-0.05, 0) is 0 Å². The largest absolute Gasteiger partial charge is 0.466 e. The summed E-state index contributed by atoms with van der Waals surface area (Å²) < 4.78 is 1.61. The molecule has 91 valence electrons. The number of hydrogen-bond donors (Lipinski definition) is 0. The summed E-state index contributed by atoms with van der Waals surface area (Å²) in [4.78, 5) is 0. The minimum Gasteiger partial charge on any atom is -0.466 e. The molecule has 1 fully saturated rings.